The van der Waals surface area contributed by atoms with Gasteiger partial charge in [-0.05, 0) is 51.2 Å². The summed E-state index contributed by atoms with van der Waals surface area (Å²) in [4.78, 5) is 26.8. The Morgan fingerprint density at radius 2 is 1.81 bits per heavy atom. The molecule has 2 aliphatic rings. The van der Waals surface area contributed by atoms with Gasteiger partial charge in [-0.3, -0.25) is 9.59 Å². The molecular weight excluding hydrogens is 418 g/mol. The number of sulfonamides is 1. The van der Waals surface area contributed by atoms with Crippen LogP contribution >= 0.6 is 0 Å². The Kier molecular flexibility index (Phi) is 7.26. The number of amides is 2. The predicted molar refractivity (Wildman–Crippen MR) is 119 cm³/mol. The van der Waals surface area contributed by atoms with Gasteiger partial charge in [0.15, 0.2) is 6.10 Å². The lowest BCUT2D eigenvalue weighted by molar-refractivity contribution is -0.136. The number of carbonyl (C=O) groups excluding carboxylic acids is 2. The SMILES string of the molecule is CCCN(CCC)C(=O)C1CCN(S(=O)(=O)c2cc3c(cc2C)NC(=O)C(C)O3)CC1. The Balaban J connectivity index is 1.74. The van der Waals surface area contributed by atoms with Crippen LogP contribution in [0.5, 0.6) is 5.75 Å². The summed E-state index contributed by atoms with van der Waals surface area (Å²) in [6.07, 6.45) is 2.20. The minimum Gasteiger partial charge on any atom is -0.479 e. The van der Waals surface area contributed by atoms with Gasteiger partial charge in [-0.1, -0.05) is 13.8 Å². The molecule has 3 rings (SSSR count). The average molecular weight is 452 g/mol. The van der Waals surface area contributed by atoms with Crippen LogP contribution in [0.3, 0.4) is 0 Å². The second kappa shape index (κ2) is 9.56. The van der Waals surface area contributed by atoms with Crippen molar-refractivity contribution in [1.82, 2.24) is 9.21 Å². The number of nitrogens with zero attached hydrogens (tertiary/aromatic N) is 2. The van der Waals surface area contributed by atoms with Gasteiger partial charge in [-0.15, -0.1) is 0 Å². The first kappa shape index (κ1) is 23.5. The second-order valence-electron chi connectivity index (χ2n) is 8.37. The quantitative estimate of drug-likeness (QED) is 0.688. The number of ether oxygens (including phenoxy) is 1. The summed E-state index contributed by atoms with van der Waals surface area (Å²) in [5, 5.41) is 2.74. The molecule has 31 heavy (non-hydrogen) atoms. The summed E-state index contributed by atoms with van der Waals surface area (Å²) < 4.78 is 33.7. The Bertz CT molecular complexity index is 933. The van der Waals surface area contributed by atoms with Crippen molar-refractivity contribution >= 4 is 27.5 Å². The Morgan fingerprint density at radius 1 is 1.19 bits per heavy atom. The number of fused-ring (bicyclic) bond motifs is 1. The van der Waals surface area contributed by atoms with Crippen molar-refractivity contribution < 1.29 is 22.7 Å². The molecule has 0 aromatic heterocycles. The minimum atomic E-state index is -3.73. The molecule has 0 bridgehead atoms. The van der Waals surface area contributed by atoms with Crippen molar-refractivity contribution in [1.29, 1.82) is 0 Å². The molecule has 1 N–H and O–H groups in total. The van der Waals surface area contributed by atoms with Gasteiger partial charge in [-0.2, -0.15) is 4.31 Å². The molecule has 1 atom stereocenters. The number of benzene rings is 1. The van der Waals surface area contributed by atoms with E-state index in [0.29, 0.717) is 42.9 Å². The normalized spacial score (nSPS) is 20.0. The summed E-state index contributed by atoms with van der Waals surface area (Å²) in [5.41, 5.74) is 1.03. The van der Waals surface area contributed by atoms with Gasteiger partial charge in [-0.25, -0.2) is 8.42 Å². The van der Waals surface area contributed by atoms with Gasteiger partial charge in [0.25, 0.3) is 5.91 Å². The summed E-state index contributed by atoms with van der Waals surface area (Å²) in [5.74, 6) is 0.114. The lowest BCUT2D eigenvalue weighted by atomic mass is 9.96. The Hall–Kier alpha value is -2.13. The lowest BCUT2D eigenvalue weighted by Gasteiger charge is -2.34. The number of hydrogen-bond acceptors (Lipinski definition) is 5. The van der Waals surface area contributed by atoms with Crippen molar-refractivity contribution in [2.24, 2.45) is 5.92 Å². The third-order valence-electron chi connectivity index (χ3n) is 5.93. The number of piperidine rings is 1. The first-order chi connectivity index (χ1) is 14.7. The highest BCUT2D eigenvalue weighted by Gasteiger charge is 2.35. The standard InChI is InChI=1S/C22H33N3O5S/c1-5-9-24(10-6-2)22(27)17-7-11-25(12-8-17)31(28,29)20-14-19-18(13-15(20)3)23-21(26)16(4)30-19/h13-14,16-17H,5-12H2,1-4H3,(H,23,26). The molecule has 2 aliphatic heterocycles. The van der Waals surface area contributed by atoms with E-state index < -0.39 is 16.1 Å². The Morgan fingerprint density at radius 3 is 2.39 bits per heavy atom. The molecular formula is C22H33N3O5S. The average Bonchev–Trinajstić information content (AvgIpc) is 2.74. The molecule has 1 fully saturated rings. The summed E-state index contributed by atoms with van der Waals surface area (Å²) >= 11 is 0. The van der Waals surface area contributed by atoms with Crippen LogP contribution in [0.1, 0.15) is 52.0 Å². The van der Waals surface area contributed by atoms with Gasteiger partial charge in [0.2, 0.25) is 15.9 Å². The largest absolute Gasteiger partial charge is 0.479 e. The number of anilines is 1. The number of rotatable bonds is 7. The van der Waals surface area contributed by atoms with Crippen molar-refractivity contribution in [3.63, 3.8) is 0 Å². The van der Waals surface area contributed by atoms with Gasteiger partial charge < -0.3 is 15.0 Å². The van der Waals surface area contributed by atoms with Crippen molar-refractivity contribution in [3.8, 4) is 5.75 Å². The van der Waals surface area contributed by atoms with Gasteiger partial charge in [0, 0.05) is 38.2 Å². The van der Waals surface area contributed by atoms with Gasteiger partial charge >= 0.3 is 0 Å². The lowest BCUT2D eigenvalue weighted by Crippen LogP contribution is -2.45. The fraction of sp³-hybridized carbons (Fsp3) is 0.636. The summed E-state index contributed by atoms with van der Waals surface area (Å²) in [7, 11) is -3.73. The number of aryl methyl sites for hydroxylation is 1. The molecule has 1 aromatic carbocycles. The maximum atomic E-state index is 13.3. The number of hydrogen-bond donors (Lipinski definition) is 1. The zero-order chi connectivity index (χ0) is 22.8. The smallest absolute Gasteiger partial charge is 0.265 e. The molecule has 0 saturated carbocycles. The molecule has 9 heteroatoms. The molecule has 0 aliphatic carbocycles. The number of carbonyl (C=O) groups is 2. The monoisotopic (exact) mass is 451 g/mol. The molecule has 2 amide bonds. The van der Waals surface area contributed by atoms with Gasteiger partial charge in [0.05, 0.1) is 10.6 Å². The van der Waals surface area contributed by atoms with E-state index >= 15 is 0 Å². The molecule has 8 nitrogen and oxygen atoms in total. The van der Waals surface area contributed by atoms with E-state index in [1.54, 1.807) is 19.9 Å². The second-order valence-corrected chi connectivity index (χ2v) is 10.3. The van der Waals surface area contributed by atoms with E-state index in [1.807, 2.05) is 4.90 Å². The Labute approximate surface area is 185 Å². The molecule has 0 spiro atoms. The molecule has 1 unspecified atom stereocenters. The zero-order valence-electron chi connectivity index (χ0n) is 18.8. The van der Waals surface area contributed by atoms with Crippen molar-refractivity contribution in [2.45, 2.75) is 64.4 Å². The molecule has 1 saturated heterocycles. The van der Waals surface area contributed by atoms with E-state index in [0.717, 1.165) is 25.9 Å². The highest BCUT2D eigenvalue weighted by Crippen LogP contribution is 2.36. The predicted octanol–water partition coefficient (Wildman–Crippen LogP) is 2.76. The van der Waals surface area contributed by atoms with E-state index in [-0.39, 0.29) is 22.6 Å². The third kappa shape index (κ3) is 4.87. The van der Waals surface area contributed by atoms with Crippen LogP contribution in [-0.4, -0.2) is 61.7 Å². The van der Waals surface area contributed by atoms with E-state index in [9.17, 15) is 18.0 Å². The summed E-state index contributed by atoms with van der Waals surface area (Å²) in [6.45, 7) is 9.56. The van der Waals surface area contributed by atoms with E-state index in [1.165, 1.54) is 10.4 Å². The van der Waals surface area contributed by atoms with Crippen LogP contribution in [0.25, 0.3) is 0 Å². The van der Waals surface area contributed by atoms with Crippen molar-refractivity contribution in [3.05, 3.63) is 17.7 Å². The van der Waals surface area contributed by atoms with Crippen LogP contribution in [0.15, 0.2) is 17.0 Å². The zero-order valence-corrected chi connectivity index (χ0v) is 19.6. The van der Waals surface area contributed by atoms with Crippen LogP contribution in [0, 0.1) is 12.8 Å². The van der Waals surface area contributed by atoms with Crippen molar-refractivity contribution in [2.75, 3.05) is 31.5 Å². The summed E-state index contributed by atoms with van der Waals surface area (Å²) in [6, 6.07) is 3.13. The van der Waals surface area contributed by atoms with Gasteiger partial charge in [0.1, 0.15) is 5.75 Å². The molecule has 1 aromatic rings. The van der Waals surface area contributed by atoms with Crippen LogP contribution in [-0.2, 0) is 19.6 Å². The third-order valence-corrected chi connectivity index (χ3v) is 7.97. The molecule has 0 radical (unpaired) electrons. The molecule has 2 heterocycles. The van der Waals surface area contributed by atoms with Crippen LogP contribution < -0.4 is 10.1 Å². The first-order valence-electron chi connectivity index (χ1n) is 11.1. The fourth-order valence-corrected chi connectivity index (χ4v) is 5.92. The van der Waals surface area contributed by atoms with Crippen LogP contribution in [0.4, 0.5) is 5.69 Å². The molecule has 172 valence electrons. The maximum absolute atomic E-state index is 13.3. The first-order valence-corrected chi connectivity index (χ1v) is 12.5. The topological polar surface area (TPSA) is 96.0 Å². The minimum absolute atomic E-state index is 0.131. The van der Waals surface area contributed by atoms with E-state index in [2.05, 4.69) is 19.2 Å². The van der Waals surface area contributed by atoms with E-state index in [4.69, 9.17) is 4.74 Å². The number of nitrogens with one attached hydrogen (secondary N) is 1. The van der Waals surface area contributed by atoms with Crippen LogP contribution in [0.2, 0.25) is 0 Å². The maximum Gasteiger partial charge on any atom is 0.265 e. The highest BCUT2D eigenvalue weighted by molar-refractivity contribution is 7.89. The fourth-order valence-electron chi connectivity index (χ4n) is 4.23. The highest BCUT2D eigenvalue weighted by atomic mass is 32.2.